The second-order valence-electron chi connectivity index (χ2n) is 3.44. The van der Waals surface area contributed by atoms with Crippen molar-refractivity contribution in [2.24, 2.45) is 10.7 Å². The van der Waals surface area contributed by atoms with Crippen LogP contribution in [-0.2, 0) is 13.0 Å². The summed E-state index contributed by atoms with van der Waals surface area (Å²) in [6, 6.07) is 0.300. The van der Waals surface area contributed by atoms with E-state index in [-0.39, 0.29) is 24.0 Å². The molecule has 0 spiro atoms. The number of hydrogen-bond donors (Lipinski definition) is 2. The summed E-state index contributed by atoms with van der Waals surface area (Å²) in [6.45, 7) is 6.59. The molecule has 5 nitrogen and oxygen atoms in total. The van der Waals surface area contributed by atoms with Crippen molar-refractivity contribution >= 4 is 41.3 Å². The molecule has 0 saturated heterocycles. The molecular weight excluding hydrogens is 337 g/mol. The summed E-state index contributed by atoms with van der Waals surface area (Å²) in [5.41, 5.74) is 5.66. The third-order valence-corrected chi connectivity index (χ3v) is 2.68. The second kappa shape index (κ2) is 7.77. The van der Waals surface area contributed by atoms with Crippen molar-refractivity contribution in [3.05, 3.63) is 10.0 Å². The van der Waals surface area contributed by atoms with Gasteiger partial charge in [0.05, 0.1) is 6.54 Å². The minimum Gasteiger partial charge on any atom is -0.370 e. The molecule has 1 aromatic heterocycles. The first-order valence-electron chi connectivity index (χ1n) is 4.99. The lowest BCUT2D eigenvalue weighted by Crippen LogP contribution is -2.36. The molecule has 0 aliphatic heterocycles. The zero-order valence-electron chi connectivity index (χ0n) is 9.73. The van der Waals surface area contributed by atoms with E-state index < -0.39 is 0 Å². The highest BCUT2D eigenvalue weighted by molar-refractivity contribution is 14.0. The van der Waals surface area contributed by atoms with Crippen molar-refractivity contribution in [2.75, 3.05) is 0 Å². The van der Waals surface area contributed by atoms with Gasteiger partial charge in [0.25, 0.3) is 0 Å². The van der Waals surface area contributed by atoms with Crippen LogP contribution in [0.15, 0.2) is 4.99 Å². The largest absolute Gasteiger partial charge is 0.370 e. The van der Waals surface area contributed by atoms with Gasteiger partial charge in [-0.1, -0.05) is 18.3 Å². The minimum absolute atomic E-state index is 0. The Balaban J connectivity index is 0.00000225. The lowest BCUT2D eigenvalue weighted by Gasteiger charge is -2.07. The Bertz CT molecular complexity index is 336. The summed E-state index contributed by atoms with van der Waals surface area (Å²) in [7, 11) is 0. The van der Waals surface area contributed by atoms with E-state index in [0.717, 1.165) is 16.4 Å². The first kappa shape index (κ1) is 15.6. The number of rotatable bonds is 4. The van der Waals surface area contributed by atoms with Crippen LogP contribution in [0.5, 0.6) is 0 Å². The van der Waals surface area contributed by atoms with Crippen molar-refractivity contribution in [3.63, 3.8) is 0 Å². The van der Waals surface area contributed by atoms with Gasteiger partial charge >= 0.3 is 0 Å². The van der Waals surface area contributed by atoms with Crippen molar-refractivity contribution in [3.8, 4) is 0 Å². The SMILES string of the molecule is CCc1nnc(CN=C(N)NC(C)C)s1.I. The van der Waals surface area contributed by atoms with Gasteiger partial charge in [-0.3, -0.25) is 0 Å². The van der Waals surface area contributed by atoms with Crippen molar-refractivity contribution in [1.82, 2.24) is 15.5 Å². The molecule has 0 aromatic carbocycles. The van der Waals surface area contributed by atoms with Crippen LogP contribution in [0.2, 0.25) is 0 Å². The minimum atomic E-state index is 0. The standard InChI is InChI=1S/C9H17N5S.HI/c1-4-7-13-14-8(15-7)5-11-9(10)12-6(2)3;/h6H,4-5H2,1-3H3,(H3,10,11,12);1H. The van der Waals surface area contributed by atoms with E-state index in [9.17, 15) is 0 Å². The number of halogens is 1. The molecule has 0 radical (unpaired) electrons. The molecular formula is C9H18IN5S. The monoisotopic (exact) mass is 355 g/mol. The van der Waals surface area contributed by atoms with Crippen molar-refractivity contribution in [1.29, 1.82) is 0 Å². The summed E-state index contributed by atoms with van der Waals surface area (Å²) in [4.78, 5) is 4.17. The van der Waals surface area contributed by atoms with Crippen LogP contribution >= 0.6 is 35.3 Å². The summed E-state index contributed by atoms with van der Waals surface area (Å²) in [5.74, 6) is 0.457. The lowest BCUT2D eigenvalue weighted by atomic mass is 10.4. The fraction of sp³-hybridized carbons (Fsp3) is 0.667. The van der Waals surface area contributed by atoms with Gasteiger partial charge in [0.1, 0.15) is 10.0 Å². The smallest absolute Gasteiger partial charge is 0.189 e. The number of guanidine groups is 1. The van der Waals surface area contributed by atoms with Gasteiger partial charge in [-0.15, -0.1) is 34.2 Å². The number of aliphatic imine (C=N–C) groups is 1. The molecule has 0 amide bonds. The van der Waals surface area contributed by atoms with Crippen molar-refractivity contribution in [2.45, 2.75) is 39.8 Å². The van der Waals surface area contributed by atoms with E-state index in [1.807, 2.05) is 13.8 Å². The Hall–Kier alpha value is -0.440. The van der Waals surface area contributed by atoms with Gasteiger partial charge in [-0.25, -0.2) is 4.99 Å². The normalized spacial score (nSPS) is 11.4. The topological polar surface area (TPSA) is 76.2 Å². The molecule has 1 rings (SSSR count). The first-order valence-corrected chi connectivity index (χ1v) is 5.81. The average molecular weight is 355 g/mol. The lowest BCUT2D eigenvalue weighted by molar-refractivity contribution is 0.723. The van der Waals surface area contributed by atoms with Gasteiger partial charge in [-0.05, 0) is 20.3 Å². The summed E-state index contributed by atoms with van der Waals surface area (Å²) in [6.07, 6.45) is 0.918. The molecule has 3 N–H and O–H groups in total. The van der Waals surface area contributed by atoms with E-state index in [1.165, 1.54) is 0 Å². The van der Waals surface area contributed by atoms with Crippen LogP contribution in [0.25, 0.3) is 0 Å². The molecule has 92 valence electrons. The number of aromatic nitrogens is 2. The van der Waals surface area contributed by atoms with Crippen LogP contribution in [0, 0.1) is 0 Å². The van der Waals surface area contributed by atoms with Crippen LogP contribution in [0.1, 0.15) is 30.8 Å². The predicted molar refractivity (Wildman–Crippen MR) is 78.3 cm³/mol. The van der Waals surface area contributed by atoms with Gasteiger partial charge < -0.3 is 11.1 Å². The predicted octanol–water partition coefficient (Wildman–Crippen LogP) is 1.53. The van der Waals surface area contributed by atoms with Crippen LogP contribution < -0.4 is 11.1 Å². The molecule has 1 heterocycles. The van der Waals surface area contributed by atoms with E-state index in [1.54, 1.807) is 11.3 Å². The number of nitrogens with zero attached hydrogens (tertiary/aromatic N) is 3. The molecule has 0 aliphatic rings. The summed E-state index contributed by atoms with van der Waals surface area (Å²) in [5, 5.41) is 13.0. The van der Waals surface area contributed by atoms with Gasteiger partial charge in [0.2, 0.25) is 0 Å². The summed E-state index contributed by atoms with van der Waals surface area (Å²) < 4.78 is 0. The maximum atomic E-state index is 5.66. The Labute approximate surface area is 117 Å². The Morgan fingerprint density at radius 2 is 2.06 bits per heavy atom. The van der Waals surface area contributed by atoms with Gasteiger partial charge in [0.15, 0.2) is 5.96 Å². The third kappa shape index (κ3) is 5.59. The van der Waals surface area contributed by atoms with Crippen LogP contribution in [-0.4, -0.2) is 22.2 Å². The van der Waals surface area contributed by atoms with Gasteiger partial charge in [0, 0.05) is 6.04 Å². The zero-order chi connectivity index (χ0) is 11.3. The second-order valence-corrected chi connectivity index (χ2v) is 4.59. The zero-order valence-corrected chi connectivity index (χ0v) is 12.9. The maximum Gasteiger partial charge on any atom is 0.189 e. The highest BCUT2D eigenvalue weighted by Crippen LogP contribution is 2.10. The Kier molecular flexibility index (Phi) is 7.56. The van der Waals surface area contributed by atoms with E-state index in [0.29, 0.717) is 18.5 Å². The highest BCUT2D eigenvalue weighted by Gasteiger charge is 2.01. The highest BCUT2D eigenvalue weighted by atomic mass is 127. The van der Waals surface area contributed by atoms with Crippen LogP contribution in [0.4, 0.5) is 0 Å². The fourth-order valence-electron chi connectivity index (χ4n) is 0.989. The van der Waals surface area contributed by atoms with E-state index in [2.05, 4.69) is 27.4 Å². The van der Waals surface area contributed by atoms with Crippen molar-refractivity contribution < 1.29 is 0 Å². The molecule has 0 unspecified atom stereocenters. The van der Waals surface area contributed by atoms with E-state index in [4.69, 9.17) is 5.73 Å². The number of nitrogens with one attached hydrogen (secondary N) is 1. The van der Waals surface area contributed by atoms with Gasteiger partial charge in [-0.2, -0.15) is 0 Å². The molecule has 7 heteroatoms. The molecule has 16 heavy (non-hydrogen) atoms. The molecule has 0 aliphatic carbocycles. The molecule has 0 saturated carbocycles. The van der Waals surface area contributed by atoms with Crippen LogP contribution in [0.3, 0.4) is 0 Å². The Morgan fingerprint density at radius 3 is 2.56 bits per heavy atom. The molecule has 0 fully saturated rings. The fourth-order valence-corrected chi connectivity index (χ4v) is 1.70. The molecule has 1 aromatic rings. The summed E-state index contributed by atoms with van der Waals surface area (Å²) >= 11 is 1.58. The number of nitrogens with two attached hydrogens (primary N) is 1. The molecule has 0 atom stereocenters. The number of aryl methyl sites for hydroxylation is 1. The number of hydrogen-bond acceptors (Lipinski definition) is 4. The molecule has 0 bridgehead atoms. The quantitative estimate of drug-likeness (QED) is 0.488. The third-order valence-electron chi connectivity index (χ3n) is 1.63. The Morgan fingerprint density at radius 1 is 1.44 bits per heavy atom. The van der Waals surface area contributed by atoms with E-state index >= 15 is 0 Å². The maximum absolute atomic E-state index is 5.66. The average Bonchev–Trinajstić information content (AvgIpc) is 2.61. The first-order chi connectivity index (χ1) is 7.11.